The Morgan fingerprint density at radius 2 is 2.00 bits per heavy atom. The zero-order valence-electron chi connectivity index (χ0n) is 11.3. The summed E-state index contributed by atoms with van der Waals surface area (Å²) in [6.45, 7) is 7.76. The van der Waals surface area contributed by atoms with Crippen molar-refractivity contribution >= 4 is 5.78 Å². The Morgan fingerprint density at radius 1 is 1.35 bits per heavy atom. The van der Waals surface area contributed by atoms with Gasteiger partial charge in [-0.2, -0.15) is 0 Å². The lowest BCUT2D eigenvalue weighted by atomic mass is 9.88. The molecule has 1 heterocycles. The second-order valence-corrected chi connectivity index (χ2v) is 5.31. The highest BCUT2D eigenvalue weighted by Crippen LogP contribution is 2.19. The maximum Gasteiger partial charge on any atom is 0.138 e. The molecule has 3 heteroatoms. The number of Topliss-reactive ketones (excluding diaryl/α,β-unsaturated/α-hetero) is 1. The SMILES string of the molecule is COc1cc(C)nc(CCC(=O)C(C)(C)C)c1. The van der Waals surface area contributed by atoms with Gasteiger partial charge in [0, 0.05) is 35.4 Å². The van der Waals surface area contributed by atoms with E-state index in [2.05, 4.69) is 4.98 Å². The maximum absolute atomic E-state index is 11.8. The van der Waals surface area contributed by atoms with Crippen LogP contribution in [0, 0.1) is 12.3 Å². The van der Waals surface area contributed by atoms with Crippen molar-refractivity contribution < 1.29 is 9.53 Å². The van der Waals surface area contributed by atoms with Gasteiger partial charge in [-0.3, -0.25) is 9.78 Å². The molecular formula is C14H21NO2. The van der Waals surface area contributed by atoms with Crippen molar-refractivity contribution in [2.75, 3.05) is 7.11 Å². The van der Waals surface area contributed by atoms with Crippen LogP contribution in [0.25, 0.3) is 0 Å². The lowest BCUT2D eigenvalue weighted by molar-refractivity contribution is -0.126. The Kier molecular flexibility index (Phi) is 4.27. The fraction of sp³-hybridized carbons (Fsp3) is 0.571. The minimum absolute atomic E-state index is 0.264. The molecule has 17 heavy (non-hydrogen) atoms. The first-order chi connectivity index (χ1) is 7.82. The van der Waals surface area contributed by atoms with Gasteiger partial charge in [0.2, 0.25) is 0 Å². The number of pyridine rings is 1. The minimum atomic E-state index is -0.270. The molecule has 0 radical (unpaired) electrons. The Hall–Kier alpha value is -1.38. The van der Waals surface area contributed by atoms with E-state index in [9.17, 15) is 4.79 Å². The Bertz CT molecular complexity index is 405. The molecule has 0 unspecified atom stereocenters. The molecule has 0 spiro atoms. The third-order valence-electron chi connectivity index (χ3n) is 2.66. The van der Waals surface area contributed by atoms with Crippen molar-refractivity contribution in [1.82, 2.24) is 4.98 Å². The first kappa shape index (κ1) is 13.7. The molecule has 1 rings (SSSR count). The van der Waals surface area contributed by atoms with Crippen LogP contribution in [0.5, 0.6) is 5.75 Å². The smallest absolute Gasteiger partial charge is 0.138 e. The second-order valence-electron chi connectivity index (χ2n) is 5.31. The predicted molar refractivity (Wildman–Crippen MR) is 68.3 cm³/mol. The molecule has 0 saturated carbocycles. The van der Waals surface area contributed by atoms with Gasteiger partial charge in [0.25, 0.3) is 0 Å². The van der Waals surface area contributed by atoms with Crippen molar-refractivity contribution in [3.63, 3.8) is 0 Å². The molecule has 0 aliphatic rings. The van der Waals surface area contributed by atoms with Crippen LogP contribution in [0.15, 0.2) is 12.1 Å². The average Bonchev–Trinajstić information content (AvgIpc) is 2.23. The standard InChI is InChI=1S/C14H21NO2/c1-10-8-12(17-5)9-11(15-10)6-7-13(16)14(2,3)4/h8-9H,6-7H2,1-5H3. The van der Waals surface area contributed by atoms with Gasteiger partial charge in [-0.1, -0.05) is 20.8 Å². The van der Waals surface area contributed by atoms with E-state index in [-0.39, 0.29) is 11.2 Å². The summed E-state index contributed by atoms with van der Waals surface area (Å²) in [6.07, 6.45) is 1.21. The van der Waals surface area contributed by atoms with Gasteiger partial charge in [-0.05, 0) is 13.3 Å². The molecule has 0 atom stereocenters. The molecule has 0 aliphatic heterocycles. The number of carbonyl (C=O) groups is 1. The molecule has 0 amide bonds. The normalized spacial score (nSPS) is 11.4. The van der Waals surface area contributed by atoms with Gasteiger partial charge in [-0.15, -0.1) is 0 Å². The summed E-state index contributed by atoms with van der Waals surface area (Å²) >= 11 is 0. The first-order valence-corrected chi connectivity index (χ1v) is 5.88. The van der Waals surface area contributed by atoms with E-state index in [1.807, 2.05) is 39.8 Å². The average molecular weight is 235 g/mol. The summed E-state index contributed by atoms with van der Waals surface area (Å²) in [4.78, 5) is 16.2. The number of aromatic nitrogens is 1. The summed E-state index contributed by atoms with van der Waals surface area (Å²) < 4.78 is 5.18. The van der Waals surface area contributed by atoms with Crippen LogP contribution in [-0.2, 0) is 11.2 Å². The van der Waals surface area contributed by atoms with Crippen LogP contribution in [0.4, 0.5) is 0 Å². The quantitative estimate of drug-likeness (QED) is 0.805. The minimum Gasteiger partial charge on any atom is -0.497 e. The number of aryl methyl sites for hydroxylation is 2. The number of methoxy groups -OCH3 is 1. The van der Waals surface area contributed by atoms with Crippen molar-refractivity contribution in [3.05, 3.63) is 23.5 Å². The van der Waals surface area contributed by atoms with Gasteiger partial charge >= 0.3 is 0 Å². The molecule has 0 aliphatic carbocycles. The molecule has 0 saturated heterocycles. The fourth-order valence-electron chi connectivity index (χ4n) is 1.57. The van der Waals surface area contributed by atoms with Crippen molar-refractivity contribution in [3.8, 4) is 5.75 Å². The van der Waals surface area contributed by atoms with Gasteiger partial charge in [0.05, 0.1) is 7.11 Å². The zero-order valence-corrected chi connectivity index (χ0v) is 11.3. The molecule has 0 fully saturated rings. The van der Waals surface area contributed by atoms with E-state index >= 15 is 0 Å². The molecule has 0 bridgehead atoms. The summed E-state index contributed by atoms with van der Waals surface area (Å²) in [6, 6.07) is 3.78. The molecule has 0 aromatic carbocycles. The highest BCUT2D eigenvalue weighted by molar-refractivity contribution is 5.83. The van der Waals surface area contributed by atoms with Gasteiger partial charge in [-0.25, -0.2) is 0 Å². The van der Waals surface area contributed by atoms with E-state index in [0.717, 1.165) is 17.1 Å². The van der Waals surface area contributed by atoms with Crippen molar-refractivity contribution in [2.45, 2.75) is 40.5 Å². The van der Waals surface area contributed by atoms with Crippen molar-refractivity contribution in [2.24, 2.45) is 5.41 Å². The highest BCUT2D eigenvalue weighted by Gasteiger charge is 2.20. The van der Waals surface area contributed by atoms with Crippen LogP contribution in [0.3, 0.4) is 0 Å². The molecule has 3 nitrogen and oxygen atoms in total. The lowest BCUT2D eigenvalue weighted by Gasteiger charge is -2.16. The molecule has 1 aromatic rings. The Morgan fingerprint density at radius 3 is 2.53 bits per heavy atom. The monoisotopic (exact) mass is 235 g/mol. The maximum atomic E-state index is 11.8. The number of hydrogen-bond acceptors (Lipinski definition) is 3. The number of hydrogen-bond donors (Lipinski definition) is 0. The topological polar surface area (TPSA) is 39.2 Å². The van der Waals surface area contributed by atoms with Crippen LogP contribution in [-0.4, -0.2) is 17.9 Å². The van der Waals surface area contributed by atoms with E-state index in [4.69, 9.17) is 4.74 Å². The van der Waals surface area contributed by atoms with E-state index in [0.29, 0.717) is 12.8 Å². The third-order valence-corrected chi connectivity index (χ3v) is 2.66. The zero-order chi connectivity index (χ0) is 13.1. The largest absolute Gasteiger partial charge is 0.497 e. The number of ether oxygens (including phenoxy) is 1. The predicted octanol–water partition coefficient (Wildman–Crippen LogP) is 2.95. The molecule has 0 N–H and O–H groups in total. The van der Waals surface area contributed by atoms with Crippen LogP contribution in [0.1, 0.15) is 38.6 Å². The summed E-state index contributed by atoms with van der Waals surface area (Å²) in [5.74, 6) is 1.07. The highest BCUT2D eigenvalue weighted by atomic mass is 16.5. The van der Waals surface area contributed by atoms with Gasteiger partial charge in [0.15, 0.2) is 0 Å². The summed E-state index contributed by atoms with van der Waals surface area (Å²) in [7, 11) is 1.64. The van der Waals surface area contributed by atoms with Crippen LogP contribution < -0.4 is 4.74 Å². The first-order valence-electron chi connectivity index (χ1n) is 5.88. The molecular weight excluding hydrogens is 214 g/mol. The Labute approximate surface area is 103 Å². The Balaban J connectivity index is 2.70. The number of nitrogens with zero attached hydrogens (tertiary/aromatic N) is 1. The number of rotatable bonds is 4. The van der Waals surface area contributed by atoms with E-state index < -0.39 is 0 Å². The van der Waals surface area contributed by atoms with Gasteiger partial charge < -0.3 is 4.74 Å². The van der Waals surface area contributed by atoms with Crippen molar-refractivity contribution in [1.29, 1.82) is 0 Å². The summed E-state index contributed by atoms with van der Waals surface area (Å²) in [5, 5.41) is 0. The van der Waals surface area contributed by atoms with E-state index in [1.165, 1.54) is 0 Å². The third kappa shape index (κ3) is 4.17. The number of carbonyl (C=O) groups excluding carboxylic acids is 1. The summed E-state index contributed by atoms with van der Waals surface area (Å²) in [5.41, 5.74) is 1.57. The van der Waals surface area contributed by atoms with Crippen LogP contribution in [0.2, 0.25) is 0 Å². The van der Waals surface area contributed by atoms with Crippen LogP contribution >= 0.6 is 0 Å². The molecule has 1 aromatic heterocycles. The number of ketones is 1. The fourth-order valence-corrected chi connectivity index (χ4v) is 1.57. The second kappa shape index (κ2) is 5.30. The van der Waals surface area contributed by atoms with E-state index in [1.54, 1.807) is 7.11 Å². The van der Waals surface area contributed by atoms with Gasteiger partial charge in [0.1, 0.15) is 11.5 Å². The lowest BCUT2D eigenvalue weighted by Crippen LogP contribution is -2.20. The molecule has 94 valence electrons.